The summed E-state index contributed by atoms with van der Waals surface area (Å²) in [5, 5.41) is 5.75. The highest BCUT2D eigenvalue weighted by Gasteiger charge is 2.07. The number of hydrogen-bond donors (Lipinski definition) is 2. The lowest BCUT2D eigenvalue weighted by Crippen LogP contribution is -2.33. The van der Waals surface area contributed by atoms with Crippen molar-refractivity contribution >= 4 is 35.0 Å². The molecule has 0 saturated carbocycles. The van der Waals surface area contributed by atoms with Crippen molar-refractivity contribution in [1.29, 1.82) is 0 Å². The molecule has 1 aromatic carbocycles. The average molecular weight is 344 g/mol. The van der Waals surface area contributed by atoms with Crippen molar-refractivity contribution in [1.82, 2.24) is 5.32 Å². The van der Waals surface area contributed by atoms with Gasteiger partial charge in [0.25, 0.3) is 0 Å². The molecule has 0 aliphatic carbocycles. The molecule has 0 aliphatic rings. The van der Waals surface area contributed by atoms with E-state index in [1.54, 1.807) is 18.2 Å². The molecule has 0 unspecified atom stereocenters. The second-order valence-corrected chi connectivity index (χ2v) is 5.90. The van der Waals surface area contributed by atoms with Crippen LogP contribution < -0.4 is 15.4 Å². The lowest BCUT2D eigenvalue weighted by molar-refractivity contribution is -0.115. The van der Waals surface area contributed by atoms with Gasteiger partial charge in [0.15, 0.2) is 5.11 Å². The number of ether oxygens (including phenoxy) is 1. The lowest BCUT2D eigenvalue weighted by Gasteiger charge is -2.14. The summed E-state index contributed by atoms with van der Waals surface area (Å²) >= 11 is 5.17. The van der Waals surface area contributed by atoms with E-state index in [1.165, 1.54) is 12.3 Å². The highest BCUT2D eigenvalue weighted by atomic mass is 32.1. The van der Waals surface area contributed by atoms with Gasteiger partial charge in [-0.15, -0.1) is 0 Å². The number of nitrogens with one attached hydrogen (secondary N) is 2. The smallest absolute Gasteiger partial charge is 0.250 e. The van der Waals surface area contributed by atoms with Crippen LogP contribution in [-0.4, -0.2) is 17.6 Å². The molecular weight excluding hydrogens is 324 g/mol. The van der Waals surface area contributed by atoms with Crippen molar-refractivity contribution in [2.45, 2.75) is 13.8 Å². The van der Waals surface area contributed by atoms with Crippen molar-refractivity contribution in [2.24, 2.45) is 5.92 Å². The maximum atomic E-state index is 11.8. The van der Waals surface area contributed by atoms with Crippen LogP contribution in [0.3, 0.4) is 0 Å². The quantitative estimate of drug-likeness (QED) is 0.616. The van der Waals surface area contributed by atoms with E-state index in [2.05, 4.69) is 24.5 Å². The molecule has 2 aromatic rings. The molecule has 126 valence electrons. The highest BCUT2D eigenvalue weighted by molar-refractivity contribution is 7.80. The first-order valence-corrected chi connectivity index (χ1v) is 8.01. The predicted molar refractivity (Wildman–Crippen MR) is 98.9 cm³/mol. The van der Waals surface area contributed by atoms with Crippen LogP contribution in [0.5, 0.6) is 5.75 Å². The van der Waals surface area contributed by atoms with E-state index in [4.69, 9.17) is 21.4 Å². The minimum atomic E-state index is -0.343. The Kier molecular flexibility index (Phi) is 6.57. The Balaban J connectivity index is 1.91. The molecule has 0 bridgehead atoms. The second-order valence-electron chi connectivity index (χ2n) is 5.49. The van der Waals surface area contributed by atoms with E-state index >= 15 is 0 Å². The van der Waals surface area contributed by atoms with E-state index in [0.717, 1.165) is 0 Å². The van der Waals surface area contributed by atoms with Crippen LogP contribution in [0.2, 0.25) is 0 Å². The van der Waals surface area contributed by atoms with Crippen LogP contribution in [0.4, 0.5) is 5.69 Å². The molecule has 1 aromatic heterocycles. The van der Waals surface area contributed by atoms with Gasteiger partial charge in [-0.3, -0.25) is 10.1 Å². The largest absolute Gasteiger partial charge is 0.491 e. The van der Waals surface area contributed by atoms with Crippen molar-refractivity contribution in [2.75, 3.05) is 11.9 Å². The molecule has 2 N–H and O–H groups in total. The second kappa shape index (κ2) is 8.88. The first-order chi connectivity index (χ1) is 11.5. The Morgan fingerprint density at radius 2 is 2.08 bits per heavy atom. The molecule has 0 radical (unpaired) electrons. The Morgan fingerprint density at radius 3 is 2.79 bits per heavy atom. The molecule has 0 fully saturated rings. The minimum Gasteiger partial charge on any atom is -0.491 e. The number of para-hydroxylation sites is 2. The zero-order valence-corrected chi connectivity index (χ0v) is 14.4. The normalized spacial score (nSPS) is 10.8. The maximum absolute atomic E-state index is 11.8. The van der Waals surface area contributed by atoms with Crippen LogP contribution in [-0.2, 0) is 4.79 Å². The number of anilines is 1. The average Bonchev–Trinajstić information content (AvgIpc) is 3.05. The van der Waals surface area contributed by atoms with E-state index in [1.807, 2.05) is 24.3 Å². The van der Waals surface area contributed by atoms with Crippen LogP contribution in [0.25, 0.3) is 6.08 Å². The zero-order valence-electron chi connectivity index (χ0n) is 13.6. The fourth-order valence-corrected chi connectivity index (χ4v) is 2.01. The molecule has 0 aliphatic heterocycles. The van der Waals surface area contributed by atoms with Gasteiger partial charge >= 0.3 is 0 Å². The summed E-state index contributed by atoms with van der Waals surface area (Å²) in [7, 11) is 0. The Labute approximate surface area is 146 Å². The summed E-state index contributed by atoms with van der Waals surface area (Å²) in [6.45, 7) is 4.75. The van der Waals surface area contributed by atoms with Gasteiger partial charge in [-0.2, -0.15) is 0 Å². The van der Waals surface area contributed by atoms with Gasteiger partial charge in [0.05, 0.1) is 18.6 Å². The maximum Gasteiger partial charge on any atom is 0.250 e. The first-order valence-electron chi connectivity index (χ1n) is 7.60. The number of thiocarbonyl (C=S) groups is 1. The summed E-state index contributed by atoms with van der Waals surface area (Å²) < 4.78 is 10.9. The van der Waals surface area contributed by atoms with Crippen molar-refractivity contribution in [3.63, 3.8) is 0 Å². The lowest BCUT2D eigenvalue weighted by atomic mass is 10.2. The molecule has 1 amide bonds. The number of amides is 1. The van der Waals surface area contributed by atoms with Crippen LogP contribution >= 0.6 is 12.2 Å². The standard InChI is InChI=1S/C18H20N2O3S/c1-13(2)12-23-16-8-4-3-7-15(16)19-18(24)20-17(21)10-9-14-6-5-11-22-14/h3-11,13H,12H2,1-2H3,(H2,19,20,21,24)/b10-9+. The van der Waals surface area contributed by atoms with Gasteiger partial charge < -0.3 is 14.5 Å². The van der Waals surface area contributed by atoms with Crippen LogP contribution in [0.1, 0.15) is 19.6 Å². The molecular formula is C18H20N2O3S. The summed E-state index contributed by atoms with van der Waals surface area (Å²) in [6.07, 6.45) is 4.46. The third-order valence-electron chi connectivity index (χ3n) is 2.89. The first kappa shape index (κ1) is 17.7. The Bertz CT molecular complexity index is 709. The molecule has 6 heteroatoms. The number of carbonyl (C=O) groups is 1. The fourth-order valence-electron chi connectivity index (χ4n) is 1.80. The van der Waals surface area contributed by atoms with Gasteiger partial charge in [-0.1, -0.05) is 26.0 Å². The molecule has 0 atom stereocenters. The number of carbonyl (C=O) groups excluding carboxylic acids is 1. The van der Waals surface area contributed by atoms with E-state index < -0.39 is 0 Å². The van der Waals surface area contributed by atoms with Gasteiger partial charge in [-0.05, 0) is 48.5 Å². The number of hydrogen-bond acceptors (Lipinski definition) is 4. The summed E-state index contributed by atoms with van der Waals surface area (Å²) in [4.78, 5) is 11.8. The molecule has 5 nitrogen and oxygen atoms in total. The Hall–Kier alpha value is -2.60. The number of furan rings is 1. The van der Waals surface area contributed by atoms with E-state index in [0.29, 0.717) is 29.7 Å². The van der Waals surface area contributed by atoms with Gasteiger partial charge in [-0.25, -0.2) is 0 Å². The van der Waals surface area contributed by atoms with Crippen LogP contribution in [0, 0.1) is 5.92 Å². The number of benzene rings is 1. The molecule has 0 saturated heterocycles. The minimum absolute atomic E-state index is 0.199. The van der Waals surface area contributed by atoms with Crippen molar-refractivity contribution < 1.29 is 13.9 Å². The Morgan fingerprint density at radius 1 is 1.29 bits per heavy atom. The third-order valence-corrected chi connectivity index (χ3v) is 3.09. The molecule has 1 heterocycles. The molecule has 24 heavy (non-hydrogen) atoms. The fraction of sp³-hybridized carbons (Fsp3) is 0.222. The van der Waals surface area contributed by atoms with Gasteiger partial charge in [0.2, 0.25) is 5.91 Å². The predicted octanol–water partition coefficient (Wildman–Crippen LogP) is 3.84. The van der Waals surface area contributed by atoms with Crippen LogP contribution in [0.15, 0.2) is 53.2 Å². The molecule has 2 rings (SSSR count). The molecule has 0 spiro atoms. The SMILES string of the molecule is CC(C)COc1ccccc1NC(=S)NC(=O)/C=C/c1ccco1. The summed E-state index contributed by atoms with van der Waals surface area (Å²) in [6, 6.07) is 10.9. The highest BCUT2D eigenvalue weighted by Crippen LogP contribution is 2.24. The van der Waals surface area contributed by atoms with Crippen molar-refractivity contribution in [3.05, 3.63) is 54.5 Å². The topological polar surface area (TPSA) is 63.5 Å². The van der Waals surface area contributed by atoms with Crippen molar-refractivity contribution in [3.8, 4) is 5.75 Å². The monoisotopic (exact) mass is 344 g/mol. The van der Waals surface area contributed by atoms with E-state index in [-0.39, 0.29) is 11.0 Å². The van der Waals surface area contributed by atoms with Gasteiger partial charge in [0.1, 0.15) is 11.5 Å². The van der Waals surface area contributed by atoms with E-state index in [9.17, 15) is 4.79 Å². The van der Waals surface area contributed by atoms with Gasteiger partial charge in [0, 0.05) is 6.08 Å². The third kappa shape index (κ3) is 5.89. The zero-order chi connectivity index (χ0) is 17.4. The number of rotatable bonds is 6. The summed E-state index contributed by atoms with van der Waals surface area (Å²) in [5.74, 6) is 1.35. The summed E-state index contributed by atoms with van der Waals surface area (Å²) in [5.41, 5.74) is 0.707.